The van der Waals surface area contributed by atoms with Crippen LogP contribution in [0.4, 0.5) is 10.1 Å². The predicted molar refractivity (Wildman–Crippen MR) is 96.2 cm³/mol. The first-order chi connectivity index (χ1) is 11.2. The van der Waals surface area contributed by atoms with E-state index >= 15 is 0 Å². The monoisotopic (exact) mass is 305 g/mol. The average molecular weight is 305 g/mol. The van der Waals surface area contributed by atoms with Crippen LogP contribution in [0.3, 0.4) is 0 Å². The molecule has 2 heteroatoms. The maximum atomic E-state index is 14.5. The van der Waals surface area contributed by atoms with Gasteiger partial charge in [-0.2, -0.15) is 0 Å². The van der Waals surface area contributed by atoms with Gasteiger partial charge in [-0.15, -0.1) is 0 Å². The van der Waals surface area contributed by atoms with Gasteiger partial charge in [0, 0.05) is 18.3 Å². The molecule has 0 saturated carbocycles. The molecule has 0 bridgehead atoms. The van der Waals surface area contributed by atoms with Gasteiger partial charge in [0.05, 0.1) is 0 Å². The molecule has 0 atom stereocenters. The van der Waals surface area contributed by atoms with Gasteiger partial charge < -0.3 is 5.32 Å². The van der Waals surface area contributed by atoms with E-state index in [2.05, 4.69) is 36.5 Å². The highest BCUT2D eigenvalue weighted by Crippen LogP contribution is 2.29. The van der Waals surface area contributed by atoms with Crippen molar-refractivity contribution < 1.29 is 4.39 Å². The first kappa shape index (κ1) is 15.3. The van der Waals surface area contributed by atoms with E-state index in [1.165, 1.54) is 5.56 Å². The summed E-state index contributed by atoms with van der Waals surface area (Å²) < 4.78 is 14.5. The van der Waals surface area contributed by atoms with Crippen molar-refractivity contribution >= 4 is 5.69 Å². The fraction of sp³-hybridized carbons (Fsp3) is 0.143. The Bertz CT molecular complexity index is 789. The third-order valence-electron chi connectivity index (χ3n) is 4.15. The molecule has 0 saturated heterocycles. The average Bonchev–Trinajstić information content (AvgIpc) is 2.62. The lowest BCUT2D eigenvalue weighted by Crippen LogP contribution is -1.89. The number of nitrogens with one attached hydrogen (secondary N) is 1. The second kappa shape index (κ2) is 6.66. The molecule has 0 fully saturated rings. The van der Waals surface area contributed by atoms with Gasteiger partial charge >= 0.3 is 0 Å². The van der Waals surface area contributed by atoms with Gasteiger partial charge in [-0.3, -0.25) is 0 Å². The van der Waals surface area contributed by atoms with Crippen LogP contribution in [0.2, 0.25) is 0 Å². The van der Waals surface area contributed by atoms with Gasteiger partial charge in [0.1, 0.15) is 5.82 Å². The summed E-state index contributed by atoms with van der Waals surface area (Å²) in [6.07, 6.45) is 1.01. The van der Waals surface area contributed by atoms with Gasteiger partial charge in [-0.1, -0.05) is 55.5 Å². The molecule has 3 aromatic carbocycles. The fourth-order valence-electron chi connectivity index (χ4n) is 2.68. The summed E-state index contributed by atoms with van der Waals surface area (Å²) in [5, 5.41) is 3.07. The number of aryl methyl sites for hydroxylation is 1. The number of hydrogen-bond acceptors (Lipinski definition) is 1. The zero-order chi connectivity index (χ0) is 16.2. The molecule has 0 aliphatic rings. The summed E-state index contributed by atoms with van der Waals surface area (Å²) in [5.74, 6) is -0.195. The Morgan fingerprint density at radius 2 is 1.39 bits per heavy atom. The van der Waals surface area contributed by atoms with E-state index < -0.39 is 0 Å². The van der Waals surface area contributed by atoms with Crippen LogP contribution in [0.15, 0.2) is 66.7 Å². The van der Waals surface area contributed by atoms with Crippen molar-refractivity contribution in [3.05, 3.63) is 78.1 Å². The van der Waals surface area contributed by atoms with E-state index in [9.17, 15) is 4.39 Å². The molecule has 3 rings (SSSR count). The molecule has 1 N–H and O–H groups in total. The molecular formula is C21H20FN. The van der Waals surface area contributed by atoms with Gasteiger partial charge in [-0.05, 0) is 46.9 Å². The van der Waals surface area contributed by atoms with Crippen LogP contribution in [0.5, 0.6) is 0 Å². The van der Waals surface area contributed by atoms with Crippen molar-refractivity contribution in [2.24, 2.45) is 0 Å². The summed E-state index contributed by atoms with van der Waals surface area (Å²) in [7, 11) is 1.87. The zero-order valence-corrected chi connectivity index (χ0v) is 13.4. The van der Waals surface area contributed by atoms with Crippen molar-refractivity contribution in [3.63, 3.8) is 0 Å². The van der Waals surface area contributed by atoms with Gasteiger partial charge in [0.25, 0.3) is 0 Å². The van der Waals surface area contributed by atoms with Gasteiger partial charge in [0.2, 0.25) is 0 Å². The molecule has 0 aromatic heterocycles. The highest BCUT2D eigenvalue weighted by molar-refractivity contribution is 5.72. The smallest absolute Gasteiger partial charge is 0.131 e. The minimum atomic E-state index is -0.195. The Kier molecular flexibility index (Phi) is 4.42. The lowest BCUT2D eigenvalue weighted by molar-refractivity contribution is 0.632. The molecule has 0 heterocycles. The molecule has 116 valence electrons. The number of anilines is 1. The van der Waals surface area contributed by atoms with Crippen LogP contribution < -0.4 is 5.32 Å². The Morgan fingerprint density at radius 3 is 1.96 bits per heavy atom. The molecular weight excluding hydrogens is 285 g/mol. The lowest BCUT2D eigenvalue weighted by Gasteiger charge is -2.08. The standard InChI is InChI=1S/C21H20FN/c1-3-15-4-6-16(7-5-15)18-10-13-20(21(22)14-18)17-8-11-19(23-2)12-9-17/h4-14,23H,3H2,1-2H3. The summed E-state index contributed by atoms with van der Waals surface area (Å²) in [6, 6.07) is 21.5. The maximum absolute atomic E-state index is 14.5. The van der Waals surface area contributed by atoms with E-state index in [0.717, 1.165) is 28.8 Å². The number of rotatable bonds is 4. The van der Waals surface area contributed by atoms with E-state index in [0.29, 0.717) is 5.56 Å². The lowest BCUT2D eigenvalue weighted by atomic mass is 9.98. The summed E-state index contributed by atoms with van der Waals surface area (Å²) >= 11 is 0. The number of hydrogen-bond donors (Lipinski definition) is 1. The number of halogens is 1. The molecule has 0 aliphatic carbocycles. The minimum absolute atomic E-state index is 0.195. The fourth-order valence-corrected chi connectivity index (χ4v) is 2.68. The molecule has 0 amide bonds. The molecule has 3 aromatic rings. The first-order valence-corrected chi connectivity index (χ1v) is 7.88. The molecule has 23 heavy (non-hydrogen) atoms. The third-order valence-corrected chi connectivity index (χ3v) is 4.15. The molecule has 0 spiro atoms. The first-order valence-electron chi connectivity index (χ1n) is 7.88. The van der Waals surface area contributed by atoms with Crippen molar-refractivity contribution in [3.8, 4) is 22.3 Å². The van der Waals surface area contributed by atoms with Crippen LogP contribution in [0, 0.1) is 5.82 Å². The topological polar surface area (TPSA) is 12.0 Å². The molecule has 0 radical (unpaired) electrons. The second-order valence-corrected chi connectivity index (χ2v) is 5.57. The van der Waals surface area contributed by atoms with Crippen molar-refractivity contribution in [2.45, 2.75) is 13.3 Å². The number of benzene rings is 3. The maximum Gasteiger partial charge on any atom is 0.131 e. The quantitative estimate of drug-likeness (QED) is 0.646. The Balaban J connectivity index is 1.92. The Morgan fingerprint density at radius 1 is 0.783 bits per heavy atom. The normalized spacial score (nSPS) is 10.6. The Hall–Kier alpha value is -2.61. The highest BCUT2D eigenvalue weighted by atomic mass is 19.1. The predicted octanol–water partition coefficient (Wildman–Crippen LogP) is 5.76. The highest BCUT2D eigenvalue weighted by Gasteiger charge is 2.07. The van der Waals surface area contributed by atoms with Crippen molar-refractivity contribution in [1.82, 2.24) is 0 Å². The van der Waals surface area contributed by atoms with Crippen molar-refractivity contribution in [1.29, 1.82) is 0 Å². The molecule has 1 nitrogen and oxygen atoms in total. The van der Waals surface area contributed by atoms with E-state index in [-0.39, 0.29) is 5.82 Å². The van der Waals surface area contributed by atoms with Crippen LogP contribution >= 0.6 is 0 Å². The third kappa shape index (κ3) is 3.26. The van der Waals surface area contributed by atoms with Crippen LogP contribution in [-0.2, 0) is 6.42 Å². The molecule has 0 unspecified atom stereocenters. The van der Waals surface area contributed by atoms with E-state index in [1.807, 2.05) is 43.4 Å². The van der Waals surface area contributed by atoms with Crippen LogP contribution in [0.1, 0.15) is 12.5 Å². The van der Waals surface area contributed by atoms with E-state index in [1.54, 1.807) is 6.07 Å². The van der Waals surface area contributed by atoms with E-state index in [4.69, 9.17) is 0 Å². The largest absolute Gasteiger partial charge is 0.388 e. The van der Waals surface area contributed by atoms with Crippen molar-refractivity contribution in [2.75, 3.05) is 12.4 Å². The summed E-state index contributed by atoms with van der Waals surface area (Å²) in [4.78, 5) is 0. The molecule has 0 aliphatic heterocycles. The Labute approximate surface area is 136 Å². The van der Waals surface area contributed by atoms with Gasteiger partial charge in [0.15, 0.2) is 0 Å². The van der Waals surface area contributed by atoms with Crippen LogP contribution in [0.25, 0.3) is 22.3 Å². The van der Waals surface area contributed by atoms with Crippen LogP contribution in [-0.4, -0.2) is 7.05 Å². The summed E-state index contributed by atoms with van der Waals surface area (Å²) in [5.41, 5.74) is 5.76. The summed E-state index contributed by atoms with van der Waals surface area (Å²) in [6.45, 7) is 2.13. The zero-order valence-electron chi connectivity index (χ0n) is 13.4. The minimum Gasteiger partial charge on any atom is -0.388 e. The second-order valence-electron chi connectivity index (χ2n) is 5.57. The van der Waals surface area contributed by atoms with Gasteiger partial charge in [-0.25, -0.2) is 4.39 Å². The SMILES string of the molecule is CCc1ccc(-c2ccc(-c3ccc(NC)cc3)c(F)c2)cc1.